The summed E-state index contributed by atoms with van der Waals surface area (Å²) in [5, 5.41) is 9.57. The van der Waals surface area contributed by atoms with Crippen LogP contribution in [0, 0.1) is 17.7 Å². The van der Waals surface area contributed by atoms with Crippen LogP contribution in [0.5, 0.6) is 5.75 Å². The molecule has 2 fully saturated rings. The fourth-order valence-corrected chi connectivity index (χ4v) is 4.04. The smallest absolute Gasteiger partial charge is 0.326 e. The van der Waals surface area contributed by atoms with E-state index in [0.717, 1.165) is 19.3 Å². The number of hydrogen-bond acceptors (Lipinski definition) is 3. The van der Waals surface area contributed by atoms with Crippen LogP contribution in [0.25, 0.3) is 0 Å². The number of carbonyl (C=O) groups is 2. The second-order valence-corrected chi connectivity index (χ2v) is 6.57. The summed E-state index contributed by atoms with van der Waals surface area (Å²) in [5.74, 6) is -1.56. The standard InChI is InChI=1S/C18H22FNO4/c1-2-14(24-15-9-4-3-8-13(15)19)17(21)20-10-11-6-5-7-12(11)16(20)18(22)23/h3-4,8-9,11-12,14,16H,2,5-7,10H2,1H3,(H,22,23). The quantitative estimate of drug-likeness (QED) is 0.898. The summed E-state index contributed by atoms with van der Waals surface area (Å²) in [6.07, 6.45) is 2.30. The molecule has 5 nitrogen and oxygen atoms in total. The number of rotatable bonds is 5. The third-order valence-corrected chi connectivity index (χ3v) is 5.18. The van der Waals surface area contributed by atoms with Gasteiger partial charge in [0.2, 0.25) is 0 Å². The van der Waals surface area contributed by atoms with Crippen molar-refractivity contribution in [2.24, 2.45) is 11.8 Å². The Hall–Kier alpha value is -2.11. The van der Waals surface area contributed by atoms with E-state index >= 15 is 0 Å². The zero-order valence-corrected chi connectivity index (χ0v) is 13.7. The van der Waals surface area contributed by atoms with Crippen LogP contribution in [-0.4, -0.2) is 40.6 Å². The van der Waals surface area contributed by atoms with Gasteiger partial charge in [-0.25, -0.2) is 9.18 Å². The minimum absolute atomic E-state index is 0.0176. The highest BCUT2D eigenvalue weighted by Crippen LogP contribution is 2.42. The van der Waals surface area contributed by atoms with Gasteiger partial charge in [0.25, 0.3) is 5.91 Å². The molecule has 24 heavy (non-hydrogen) atoms. The summed E-state index contributed by atoms with van der Waals surface area (Å²) in [5.41, 5.74) is 0. The topological polar surface area (TPSA) is 66.8 Å². The van der Waals surface area contributed by atoms with Gasteiger partial charge in [-0.3, -0.25) is 4.79 Å². The number of carbonyl (C=O) groups excluding carboxylic acids is 1. The maximum absolute atomic E-state index is 13.8. The van der Waals surface area contributed by atoms with Crippen LogP contribution in [0.4, 0.5) is 4.39 Å². The Kier molecular flexibility index (Phi) is 4.73. The molecule has 1 aliphatic heterocycles. The van der Waals surface area contributed by atoms with E-state index < -0.39 is 23.9 Å². The highest BCUT2D eigenvalue weighted by atomic mass is 19.1. The van der Waals surface area contributed by atoms with E-state index in [1.165, 1.54) is 17.0 Å². The number of ether oxygens (including phenoxy) is 1. The maximum atomic E-state index is 13.8. The van der Waals surface area contributed by atoms with E-state index in [1.807, 2.05) is 0 Å². The van der Waals surface area contributed by atoms with Gasteiger partial charge in [0.05, 0.1) is 0 Å². The SMILES string of the molecule is CCC(Oc1ccccc1F)C(=O)N1CC2CCCC2C1C(=O)O. The molecule has 1 N–H and O–H groups in total. The van der Waals surface area contributed by atoms with Crippen molar-refractivity contribution in [2.75, 3.05) is 6.54 Å². The monoisotopic (exact) mass is 335 g/mol. The summed E-state index contributed by atoms with van der Waals surface area (Å²) in [4.78, 5) is 26.0. The number of carboxylic acid groups (broad SMARTS) is 1. The Morgan fingerprint density at radius 2 is 2.12 bits per heavy atom. The van der Waals surface area contributed by atoms with Crippen LogP contribution in [0.15, 0.2) is 24.3 Å². The molecule has 1 saturated carbocycles. The second-order valence-electron chi connectivity index (χ2n) is 6.57. The molecule has 3 rings (SSSR count). The molecule has 1 amide bonds. The van der Waals surface area contributed by atoms with E-state index in [-0.39, 0.29) is 23.5 Å². The van der Waals surface area contributed by atoms with Crippen molar-refractivity contribution in [1.29, 1.82) is 0 Å². The lowest BCUT2D eigenvalue weighted by Crippen LogP contribution is -2.48. The molecular formula is C18H22FNO4. The first kappa shape index (κ1) is 16.7. The summed E-state index contributed by atoms with van der Waals surface area (Å²) >= 11 is 0. The molecule has 1 aromatic carbocycles. The normalized spacial score (nSPS) is 26.9. The van der Waals surface area contributed by atoms with Crippen LogP contribution in [-0.2, 0) is 9.59 Å². The first-order valence-corrected chi connectivity index (χ1v) is 8.47. The third-order valence-electron chi connectivity index (χ3n) is 5.18. The number of aliphatic carboxylic acids is 1. The molecule has 6 heteroatoms. The highest BCUT2D eigenvalue weighted by molar-refractivity contribution is 5.87. The lowest BCUT2D eigenvalue weighted by atomic mass is 9.94. The largest absolute Gasteiger partial charge is 0.480 e. The van der Waals surface area contributed by atoms with Crippen LogP contribution in [0.1, 0.15) is 32.6 Å². The van der Waals surface area contributed by atoms with Crippen molar-refractivity contribution in [3.8, 4) is 5.75 Å². The van der Waals surface area contributed by atoms with Crippen molar-refractivity contribution in [1.82, 2.24) is 4.90 Å². The number of hydrogen-bond donors (Lipinski definition) is 1. The minimum atomic E-state index is -0.960. The molecule has 1 saturated heterocycles. The number of carboxylic acids is 1. The van der Waals surface area contributed by atoms with Crippen LogP contribution in [0.3, 0.4) is 0 Å². The lowest BCUT2D eigenvalue weighted by Gasteiger charge is -2.28. The molecule has 2 aliphatic rings. The Morgan fingerprint density at radius 1 is 1.38 bits per heavy atom. The fraction of sp³-hybridized carbons (Fsp3) is 0.556. The molecule has 1 aliphatic carbocycles. The summed E-state index contributed by atoms with van der Waals surface area (Å²) in [6, 6.07) is 5.14. The van der Waals surface area contributed by atoms with Gasteiger partial charge in [-0.15, -0.1) is 0 Å². The number of likely N-dealkylation sites (tertiary alicyclic amines) is 1. The zero-order valence-electron chi connectivity index (χ0n) is 13.7. The molecule has 0 bridgehead atoms. The molecule has 130 valence electrons. The van der Waals surface area contributed by atoms with Gasteiger partial charge in [0, 0.05) is 6.54 Å². The van der Waals surface area contributed by atoms with Crippen molar-refractivity contribution >= 4 is 11.9 Å². The van der Waals surface area contributed by atoms with Crippen LogP contribution in [0.2, 0.25) is 0 Å². The van der Waals surface area contributed by atoms with Crippen molar-refractivity contribution in [3.63, 3.8) is 0 Å². The Bertz CT molecular complexity index is 635. The number of fused-ring (bicyclic) bond motifs is 1. The minimum Gasteiger partial charge on any atom is -0.480 e. The number of nitrogens with zero attached hydrogens (tertiary/aromatic N) is 1. The Labute approximate surface area is 140 Å². The summed E-state index contributed by atoms with van der Waals surface area (Å²) in [7, 11) is 0. The summed E-state index contributed by atoms with van der Waals surface area (Å²) < 4.78 is 19.3. The predicted molar refractivity (Wildman–Crippen MR) is 85.1 cm³/mol. The second kappa shape index (κ2) is 6.79. The van der Waals surface area contributed by atoms with Gasteiger partial charge in [-0.05, 0) is 43.2 Å². The van der Waals surface area contributed by atoms with Gasteiger partial charge in [0.15, 0.2) is 17.7 Å². The molecule has 1 heterocycles. The molecule has 1 aromatic rings. The van der Waals surface area contributed by atoms with Crippen molar-refractivity contribution in [2.45, 2.75) is 44.8 Å². The van der Waals surface area contributed by atoms with E-state index in [1.54, 1.807) is 19.1 Å². The van der Waals surface area contributed by atoms with E-state index in [4.69, 9.17) is 4.74 Å². The fourth-order valence-electron chi connectivity index (χ4n) is 4.04. The Morgan fingerprint density at radius 3 is 2.79 bits per heavy atom. The van der Waals surface area contributed by atoms with Crippen LogP contribution < -0.4 is 4.74 Å². The maximum Gasteiger partial charge on any atom is 0.326 e. The number of para-hydroxylation sites is 1. The number of halogens is 1. The average molecular weight is 335 g/mol. The van der Waals surface area contributed by atoms with Crippen molar-refractivity contribution < 1.29 is 23.8 Å². The molecule has 4 unspecified atom stereocenters. The van der Waals surface area contributed by atoms with Gasteiger partial charge < -0.3 is 14.7 Å². The van der Waals surface area contributed by atoms with Crippen molar-refractivity contribution in [3.05, 3.63) is 30.1 Å². The Balaban J connectivity index is 1.78. The third kappa shape index (κ3) is 2.97. The average Bonchev–Trinajstić information content (AvgIpc) is 3.13. The number of benzene rings is 1. The van der Waals surface area contributed by atoms with E-state index in [2.05, 4.69) is 0 Å². The predicted octanol–water partition coefficient (Wildman–Crippen LogP) is 2.69. The molecule has 0 radical (unpaired) electrons. The number of amides is 1. The lowest BCUT2D eigenvalue weighted by molar-refractivity contribution is -0.152. The molecular weight excluding hydrogens is 313 g/mol. The first-order valence-electron chi connectivity index (χ1n) is 8.47. The van der Waals surface area contributed by atoms with Gasteiger partial charge >= 0.3 is 5.97 Å². The van der Waals surface area contributed by atoms with Gasteiger partial charge in [-0.2, -0.15) is 0 Å². The van der Waals surface area contributed by atoms with E-state index in [0.29, 0.717) is 13.0 Å². The summed E-state index contributed by atoms with van der Waals surface area (Å²) in [6.45, 7) is 2.23. The van der Waals surface area contributed by atoms with Gasteiger partial charge in [0.1, 0.15) is 6.04 Å². The first-order chi connectivity index (χ1) is 11.5. The molecule has 4 atom stereocenters. The zero-order chi connectivity index (χ0) is 17.3. The molecule has 0 aromatic heterocycles. The van der Waals surface area contributed by atoms with Gasteiger partial charge in [-0.1, -0.05) is 25.5 Å². The highest BCUT2D eigenvalue weighted by Gasteiger charge is 2.50. The van der Waals surface area contributed by atoms with Crippen LogP contribution >= 0.6 is 0 Å². The molecule has 0 spiro atoms. The van der Waals surface area contributed by atoms with E-state index in [9.17, 15) is 19.1 Å².